The van der Waals surface area contributed by atoms with Crippen LogP contribution in [0.3, 0.4) is 0 Å². The molecule has 2 fully saturated rings. The Morgan fingerprint density at radius 2 is 2.27 bits per heavy atom. The average molecular weight is 391 g/mol. The van der Waals surface area contributed by atoms with Crippen molar-refractivity contribution >= 4 is 34.5 Å². The summed E-state index contributed by atoms with van der Waals surface area (Å²) in [5.41, 5.74) is 0.795. The topological polar surface area (TPSA) is 65.5 Å². The molecule has 1 atom stereocenters. The Kier molecular flexibility index (Phi) is 5.06. The maximum Gasteiger partial charge on any atom is 0.265 e. The summed E-state index contributed by atoms with van der Waals surface area (Å²) in [4.78, 5) is 35.6. The van der Waals surface area contributed by atoms with Crippen molar-refractivity contribution in [2.45, 2.75) is 25.8 Å². The fourth-order valence-electron chi connectivity index (χ4n) is 3.64. The van der Waals surface area contributed by atoms with Crippen LogP contribution in [0.4, 0.5) is 0 Å². The number of piperidine rings is 1. The minimum absolute atomic E-state index is 0.0510. The van der Waals surface area contributed by atoms with Gasteiger partial charge in [-0.25, -0.2) is 4.98 Å². The number of thiophene rings is 1. The molecule has 26 heavy (non-hydrogen) atoms. The molecule has 8 heteroatoms. The molecule has 1 unspecified atom stereocenters. The molecule has 2 amide bonds. The second-order valence-electron chi connectivity index (χ2n) is 6.72. The number of aromatic nitrogens is 1. The summed E-state index contributed by atoms with van der Waals surface area (Å²) >= 11 is 3.11. The zero-order valence-electron chi connectivity index (χ0n) is 14.7. The summed E-state index contributed by atoms with van der Waals surface area (Å²) in [5, 5.41) is 6.04. The van der Waals surface area contributed by atoms with Crippen molar-refractivity contribution < 1.29 is 9.59 Å². The summed E-state index contributed by atoms with van der Waals surface area (Å²) in [6.45, 7) is 5.24. The van der Waals surface area contributed by atoms with Gasteiger partial charge in [0.15, 0.2) is 0 Å². The second kappa shape index (κ2) is 7.46. The van der Waals surface area contributed by atoms with Gasteiger partial charge in [-0.05, 0) is 31.2 Å². The van der Waals surface area contributed by atoms with E-state index in [-0.39, 0.29) is 17.9 Å². The fourth-order valence-corrected chi connectivity index (χ4v) is 5.48. The number of piperazine rings is 1. The molecule has 2 aromatic rings. The monoisotopic (exact) mass is 390 g/mol. The number of nitrogens with zero attached hydrogens (tertiary/aromatic N) is 3. The summed E-state index contributed by atoms with van der Waals surface area (Å²) in [6, 6.07) is 4.16. The average Bonchev–Trinajstić information content (AvgIpc) is 3.31. The van der Waals surface area contributed by atoms with E-state index in [0.717, 1.165) is 52.9 Å². The number of hydrogen-bond acceptors (Lipinski definition) is 6. The quantitative estimate of drug-likeness (QED) is 0.873. The molecule has 2 saturated heterocycles. The SMILES string of the molecule is Cc1nc(-c2cccs2)sc1C(=O)N1CCCC(N2CCNCC2=O)C1. The molecule has 2 aromatic heterocycles. The fraction of sp³-hybridized carbons (Fsp3) is 0.500. The molecule has 4 rings (SSSR count). The van der Waals surface area contributed by atoms with Crippen molar-refractivity contribution in [3.05, 3.63) is 28.1 Å². The first-order chi connectivity index (χ1) is 12.6. The molecule has 0 aliphatic carbocycles. The standard InChI is InChI=1S/C18H22N4O2S2/c1-12-16(26-17(20-12)14-5-3-9-25-14)18(24)21-7-2-4-13(11-21)22-8-6-19-10-15(22)23/h3,5,9,13,19H,2,4,6-8,10-11H2,1H3. The van der Waals surface area contributed by atoms with E-state index < -0.39 is 0 Å². The maximum absolute atomic E-state index is 13.1. The van der Waals surface area contributed by atoms with Crippen molar-refractivity contribution in [2.75, 3.05) is 32.7 Å². The van der Waals surface area contributed by atoms with Crippen LogP contribution in [0.5, 0.6) is 0 Å². The van der Waals surface area contributed by atoms with Gasteiger partial charge in [0.05, 0.1) is 17.1 Å². The van der Waals surface area contributed by atoms with Gasteiger partial charge in [0.1, 0.15) is 9.88 Å². The van der Waals surface area contributed by atoms with Gasteiger partial charge in [0, 0.05) is 32.2 Å². The Balaban J connectivity index is 1.50. The molecular weight excluding hydrogens is 368 g/mol. The summed E-state index contributed by atoms with van der Waals surface area (Å²) < 4.78 is 0. The zero-order chi connectivity index (χ0) is 18.1. The van der Waals surface area contributed by atoms with Gasteiger partial charge < -0.3 is 15.1 Å². The Labute approximate surface area is 160 Å². The third-order valence-electron chi connectivity index (χ3n) is 4.97. The zero-order valence-corrected chi connectivity index (χ0v) is 16.4. The normalized spacial score (nSPS) is 21.3. The number of likely N-dealkylation sites (tertiary alicyclic amines) is 1. The van der Waals surface area contributed by atoms with Crippen LogP contribution in [0.1, 0.15) is 28.2 Å². The van der Waals surface area contributed by atoms with Crippen LogP contribution in [-0.2, 0) is 4.79 Å². The highest BCUT2D eigenvalue weighted by Crippen LogP contribution is 2.32. The van der Waals surface area contributed by atoms with Crippen LogP contribution in [0.15, 0.2) is 17.5 Å². The number of nitrogens with one attached hydrogen (secondary N) is 1. The van der Waals surface area contributed by atoms with E-state index in [1.807, 2.05) is 34.2 Å². The molecule has 0 spiro atoms. The summed E-state index contributed by atoms with van der Waals surface area (Å²) in [5.74, 6) is 0.194. The molecule has 2 aliphatic heterocycles. The number of carbonyl (C=O) groups is 2. The van der Waals surface area contributed by atoms with Gasteiger partial charge in [-0.2, -0.15) is 0 Å². The van der Waals surface area contributed by atoms with Crippen LogP contribution >= 0.6 is 22.7 Å². The van der Waals surface area contributed by atoms with Crippen LogP contribution < -0.4 is 5.32 Å². The van der Waals surface area contributed by atoms with Crippen LogP contribution in [0, 0.1) is 6.92 Å². The van der Waals surface area contributed by atoms with Crippen molar-refractivity contribution in [2.24, 2.45) is 0 Å². The molecule has 1 N–H and O–H groups in total. The van der Waals surface area contributed by atoms with Crippen LogP contribution in [-0.4, -0.2) is 65.4 Å². The van der Waals surface area contributed by atoms with Gasteiger partial charge in [-0.15, -0.1) is 22.7 Å². The minimum Gasteiger partial charge on any atom is -0.336 e. The number of thiazole rings is 1. The smallest absolute Gasteiger partial charge is 0.265 e. The lowest BCUT2D eigenvalue weighted by molar-refractivity contribution is -0.135. The first-order valence-electron chi connectivity index (χ1n) is 8.94. The lowest BCUT2D eigenvalue weighted by Crippen LogP contribution is -2.57. The van der Waals surface area contributed by atoms with Gasteiger partial charge in [0.25, 0.3) is 5.91 Å². The molecule has 0 radical (unpaired) electrons. The lowest BCUT2D eigenvalue weighted by Gasteiger charge is -2.41. The van der Waals surface area contributed by atoms with E-state index in [9.17, 15) is 9.59 Å². The maximum atomic E-state index is 13.1. The van der Waals surface area contributed by atoms with Crippen molar-refractivity contribution in [1.82, 2.24) is 20.1 Å². The van der Waals surface area contributed by atoms with Gasteiger partial charge in [-0.3, -0.25) is 9.59 Å². The number of aryl methyl sites for hydroxylation is 1. The van der Waals surface area contributed by atoms with Crippen LogP contribution in [0.2, 0.25) is 0 Å². The molecule has 6 nitrogen and oxygen atoms in total. The highest BCUT2D eigenvalue weighted by Gasteiger charge is 2.33. The summed E-state index contributed by atoms with van der Waals surface area (Å²) in [6.07, 6.45) is 1.90. The van der Waals surface area contributed by atoms with Gasteiger partial charge in [0.2, 0.25) is 5.91 Å². The van der Waals surface area contributed by atoms with E-state index in [1.165, 1.54) is 11.3 Å². The molecular formula is C18H22N4O2S2. The van der Waals surface area contributed by atoms with E-state index in [4.69, 9.17) is 0 Å². The Morgan fingerprint density at radius 1 is 1.38 bits per heavy atom. The number of carbonyl (C=O) groups excluding carboxylic acids is 2. The van der Waals surface area contributed by atoms with Crippen molar-refractivity contribution in [3.63, 3.8) is 0 Å². The highest BCUT2D eigenvalue weighted by molar-refractivity contribution is 7.22. The molecule has 0 aromatic carbocycles. The lowest BCUT2D eigenvalue weighted by atomic mass is 10.0. The van der Waals surface area contributed by atoms with E-state index in [1.54, 1.807) is 11.3 Å². The van der Waals surface area contributed by atoms with Crippen molar-refractivity contribution in [3.8, 4) is 9.88 Å². The van der Waals surface area contributed by atoms with Crippen molar-refractivity contribution in [1.29, 1.82) is 0 Å². The number of rotatable bonds is 3. The predicted octanol–water partition coefficient (Wildman–Crippen LogP) is 2.22. The number of hydrogen-bond donors (Lipinski definition) is 1. The number of amides is 2. The van der Waals surface area contributed by atoms with Crippen LogP contribution in [0.25, 0.3) is 9.88 Å². The predicted molar refractivity (Wildman–Crippen MR) is 104 cm³/mol. The molecule has 2 aliphatic rings. The van der Waals surface area contributed by atoms with E-state index >= 15 is 0 Å². The van der Waals surface area contributed by atoms with E-state index in [0.29, 0.717) is 13.1 Å². The minimum atomic E-state index is 0.0510. The largest absolute Gasteiger partial charge is 0.336 e. The Hall–Kier alpha value is -1.77. The molecule has 0 saturated carbocycles. The molecule has 138 valence electrons. The summed E-state index contributed by atoms with van der Waals surface area (Å²) in [7, 11) is 0. The second-order valence-corrected chi connectivity index (χ2v) is 8.67. The Morgan fingerprint density at radius 3 is 3.04 bits per heavy atom. The van der Waals surface area contributed by atoms with Gasteiger partial charge in [-0.1, -0.05) is 6.07 Å². The third kappa shape index (κ3) is 3.41. The van der Waals surface area contributed by atoms with E-state index in [2.05, 4.69) is 10.3 Å². The third-order valence-corrected chi connectivity index (χ3v) is 7.16. The highest BCUT2D eigenvalue weighted by atomic mass is 32.1. The Bertz CT molecular complexity index is 802. The first-order valence-corrected chi connectivity index (χ1v) is 10.6. The first kappa shape index (κ1) is 17.6. The molecule has 0 bridgehead atoms. The molecule has 4 heterocycles. The van der Waals surface area contributed by atoms with Gasteiger partial charge >= 0.3 is 0 Å².